The Morgan fingerprint density at radius 3 is 2.67 bits per heavy atom. The van der Waals surface area contributed by atoms with Gasteiger partial charge in [0.05, 0.1) is 0 Å². The molecule has 0 spiro atoms. The van der Waals surface area contributed by atoms with E-state index >= 15 is 0 Å². The lowest BCUT2D eigenvalue weighted by Gasteiger charge is -2.38. The van der Waals surface area contributed by atoms with Crippen LogP contribution in [0.5, 0.6) is 0 Å². The number of hydrogen-bond donors (Lipinski definition) is 1. The highest BCUT2D eigenvalue weighted by Crippen LogP contribution is 2.36. The van der Waals surface area contributed by atoms with Crippen LogP contribution in [-0.4, -0.2) is 5.54 Å². The Bertz CT molecular complexity index is 397. The molecule has 1 nitrogen and oxygen atoms in total. The lowest BCUT2D eigenvalue weighted by atomic mass is 9.80. The molecule has 1 aliphatic carbocycles. The Labute approximate surface area is 116 Å². The van der Waals surface area contributed by atoms with Crippen LogP contribution < -0.4 is 5.32 Å². The zero-order valence-corrected chi connectivity index (χ0v) is 13.3. The fraction of sp³-hybridized carbons (Fsp3) is 0.750. The first-order valence-electron chi connectivity index (χ1n) is 7.11. The standard InChI is InChI=1S/C16H27NS/c1-15(2,3)11-16(4,5)17-13-7-6-8-14-12(13)9-10-18-14/h9-10,13,17H,6-8,11H2,1-5H3. The molecule has 1 aromatic rings. The van der Waals surface area contributed by atoms with Crippen molar-refractivity contribution in [2.24, 2.45) is 5.41 Å². The fourth-order valence-corrected chi connectivity index (χ4v) is 4.47. The monoisotopic (exact) mass is 265 g/mol. The van der Waals surface area contributed by atoms with Gasteiger partial charge in [0.2, 0.25) is 0 Å². The number of thiophene rings is 1. The molecule has 2 rings (SSSR count). The molecule has 0 radical (unpaired) electrons. The molecule has 2 heteroatoms. The summed E-state index contributed by atoms with van der Waals surface area (Å²) >= 11 is 1.93. The molecule has 0 amide bonds. The second-order valence-corrected chi connectivity index (χ2v) is 8.51. The molecule has 1 atom stereocenters. The molecule has 0 aliphatic heterocycles. The molecule has 18 heavy (non-hydrogen) atoms. The molecule has 0 bridgehead atoms. The van der Waals surface area contributed by atoms with Crippen LogP contribution in [0.3, 0.4) is 0 Å². The van der Waals surface area contributed by atoms with E-state index in [9.17, 15) is 0 Å². The van der Waals surface area contributed by atoms with Crippen LogP contribution in [0.15, 0.2) is 11.4 Å². The predicted octanol–water partition coefficient (Wildman–Crippen LogP) is 4.93. The number of hydrogen-bond acceptors (Lipinski definition) is 2. The van der Waals surface area contributed by atoms with Gasteiger partial charge in [0.1, 0.15) is 0 Å². The minimum atomic E-state index is 0.208. The molecular formula is C16H27NS. The van der Waals surface area contributed by atoms with Crippen molar-refractivity contribution >= 4 is 11.3 Å². The van der Waals surface area contributed by atoms with Gasteiger partial charge in [-0.3, -0.25) is 0 Å². The van der Waals surface area contributed by atoms with Crippen LogP contribution in [0.25, 0.3) is 0 Å². The summed E-state index contributed by atoms with van der Waals surface area (Å²) in [5.74, 6) is 0. The van der Waals surface area contributed by atoms with E-state index in [1.54, 1.807) is 10.4 Å². The number of rotatable bonds is 3. The molecule has 1 heterocycles. The molecule has 0 saturated heterocycles. The minimum absolute atomic E-state index is 0.208. The first-order chi connectivity index (χ1) is 8.27. The van der Waals surface area contributed by atoms with E-state index in [0.717, 1.165) is 0 Å². The van der Waals surface area contributed by atoms with Gasteiger partial charge in [-0.2, -0.15) is 0 Å². The Kier molecular flexibility index (Phi) is 3.89. The minimum Gasteiger partial charge on any atom is -0.305 e. The number of nitrogens with one attached hydrogen (secondary N) is 1. The Hall–Kier alpha value is -0.340. The first-order valence-corrected chi connectivity index (χ1v) is 7.99. The highest BCUT2D eigenvalue weighted by Gasteiger charge is 2.30. The second kappa shape index (κ2) is 4.97. The van der Waals surface area contributed by atoms with Gasteiger partial charge >= 0.3 is 0 Å². The normalized spacial score (nSPS) is 20.8. The Balaban J connectivity index is 2.07. The maximum Gasteiger partial charge on any atom is 0.0336 e. The van der Waals surface area contributed by atoms with Crippen LogP contribution in [0.2, 0.25) is 0 Å². The lowest BCUT2D eigenvalue weighted by molar-refractivity contribution is 0.216. The van der Waals surface area contributed by atoms with Gasteiger partial charge in [0.15, 0.2) is 0 Å². The molecular weight excluding hydrogens is 238 g/mol. The van der Waals surface area contributed by atoms with Crippen molar-refractivity contribution in [2.75, 3.05) is 0 Å². The molecule has 1 N–H and O–H groups in total. The molecule has 0 saturated carbocycles. The summed E-state index contributed by atoms with van der Waals surface area (Å²) in [7, 11) is 0. The van der Waals surface area contributed by atoms with E-state index < -0.39 is 0 Å². The molecule has 0 aromatic carbocycles. The number of fused-ring (bicyclic) bond motifs is 1. The molecule has 102 valence electrons. The highest BCUT2D eigenvalue weighted by molar-refractivity contribution is 7.10. The Morgan fingerprint density at radius 2 is 2.00 bits per heavy atom. The highest BCUT2D eigenvalue weighted by atomic mass is 32.1. The van der Waals surface area contributed by atoms with Crippen LogP contribution in [0, 0.1) is 5.41 Å². The van der Waals surface area contributed by atoms with E-state index in [-0.39, 0.29) is 5.54 Å². The van der Waals surface area contributed by atoms with E-state index in [4.69, 9.17) is 0 Å². The fourth-order valence-electron chi connectivity index (χ4n) is 3.48. The zero-order valence-electron chi connectivity index (χ0n) is 12.5. The predicted molar refractivity (Wildman–Crippen MR) is 81.3 cm³/mol. The molecule has 1 aliphatic rings. The van der Waals surface area contributed by atoms with E-state index in [2.05, 4.69) is 51.4 Å². The molecule has 1 unspecified atom stereocenters. The quantitative estimate of drug-likeness (QED) is 0.817. The van der Waals surface area contributed by atoms with Crippen molar-refractivity contribution in [2.45, 2.75) is 71.9 Å². The number of aryl methyl sites for hydroxylation is 1. The topological polar surface area (TPSA) is 12.0 Å². The van der Waals surface area contributed by atoms with E-state index in [0.29, 0.717) is 11.5 Å². The summed E-state index contributed by atoms with van der Waals surface area (Å²) in [4.78, 5) is 1.60. The van der Waals surface area contributed by atoms with Crippen molar-refractivity contribution < 1.29 is 0 Å². The summed E-state index contributed by atoms with van der Waals surface area (Å²) in [5, 5.41) is 6.15. The van der Waals surface area contributed by atoms with Crippen LogP contribution in [-0.2, 0) is 6.42 Å². The van der Waals surface area contributed by atoms with E-state index in [1.165, 1.54) is 25.7 Å². The third kappa shape index (κ3) is 3.58. The maximum absolute atomic E-state index is 3.90. The Morgan fingerprint density at radius 1 is 1.28 bits per heavy atom. The maximum atomic E-state index is 3.90. The zero-order chi connectivity index (χ0) is 13.4. The third-order valence-electron chi connectivity index (χ3n) is 3.59. The average Bonchev–Trinajstić information content (AvgIpc) is 2.61. The van der Waals surface area contributed by atoms with Gasteiger partial charge in [-0.15, -0.1) is 11.3 Å². The summed E-state index contributed by atoms with van der Waals surface area (Å²) in [6.45, 7) is 11.7. The van der Waals surface area contributed by atoms with Crippen LogP contribution in [0.1, 0.15) is 70.4 Å². The van der Waals surface area contributed by atoms with Gasteiger partial charge in [0, 0.05) is 16.5 Å². The van der Waals surface area contributed by atoms with Crippen molar-refractivity contribution in [1.82, 2.24) is 5.32 Å². The SMILES string of the molecule is CC(C)(C)CC(C)(C)NC1CCCc2sccc21. The average molecular weight is 265 g/mol. The summed E-state index contributed by atoms with van der Waals surface area (Å²) in [5.41, 5.74) is 2.15. The summed E-state index contributed by atoms with van der Waals surface area (Å²) in [6, 6.07) is 2.89. The first kappa shape index (κ1) is 14.1. The van der Waals surface area contributed by atoms with Crippen molar-refractivity contribution in [1.29, 1.82) is 0 Å². The summed E-state index contributed by atoms with van der Waals surface area (Å²) < 4.78 is 0. The third-order valence-corrected chi connectivity index (χ3v) is 4.59. The van der Waals surface area contributed by atoms with Crippen molar-refractivity contribution in [3.8, 4) is 0 Å². The van der Waals surface area contributed by atoms with E-state index in [1.807, 2.05) is 11.3 Å². The van der Waals surface area contributed by atoms with Gasteiger partial charge < -0.3 is 5.32 Å². The largest absolute Gasteiger partial charge is 0.305 e. The van der Waals surface area contributed by atoms with Crippen LogP contribution >= 0.6 is 11.3 Å². The van der Waals surface area contributed by atoms with Crippen molar-refractivity contribution in [3.63, 3.8) is 0 Å². The van der Waals surface area contributed by atoms with Gasteiger partial charge in [0.25, 0.3) is 0 Å². The van der Waals surface area contributed by atoms with Gasteiger partial charge in [-0.05, 0) is 62.0 Å². The lowest BCUT2D eigenvalue weighted by Crippen LogP contribution is -2.45. The molecule has 1 aromatic heterocycles. The smallest absolute Gasteiger partial charge is 0.0336 e. The van der Waals surface area contributed by atoms with Crippen molar-refractivity contribution in [3.05, 3.63) is 21.9 Å². The summed E-state index contributed by atoms with van der Waals surface area (Å²) in [6.07, 6.45) is 5.11. The van der Waals surface area contributed by atoms with Gasteiger partial charge in [-0.1, -0.05) is 20.8 Å². The van der Waals surface area contributed by atoms with Gasteiger partial charge in [-0.25, -0.2) is 0 Å². The van der Waals surface area contributed by atoms with Crippen LogP contribution in [0.4, 0.5) is 0 Å². The second-order valence-electron chi connectivity index (χ2n) is 7.51. The molecule has 0 fully saturated rings.